The smallest absolute Gasteiger partial charge is 0.166 e. The molecule has 1 aromatic carbocycles. The normalized spacial score (nSPS) is 10.2. The van der Waals surface area contributed by atoms with Crippen LogP contribution in [0.2, 0.25) is 5.02 Å². The maximum absolute atomic E-state index is 5.88. The van der Waals surface area contributed by atoms with E-state index in [9.17, 15) is 0 Å². The Balaban J connectivity index is 2.09. The Kier molecular flexibility index (Phi) is 3.90. The zero-order valence-electron chi connectivity index (χ0n) is 9.14. The maximum atomic E-state index is 5.88. The standard InChI is InChI=1S/C12H12ClN3O/c13-10-2-3-11(9(6-10)7-14)17-8-12-15-4-1-5-16-12/h1-6H,7-8,14H2. The van der Waals surface area contributed by atoms with Crippen LogP contribution in [0.1, 0.15) is 11.4 Å². The molecule has 0 aliphatic heterocycles. The van der Waals surface area contributed by atoms with Crippen molar-refractivity contribution in [1.29, 1.82) is 0 Å². The number of nitrogens with zero attached hydrogens (tertiary/aromatic N) is 2. The lowest BCUT2D eigenvalue weighted by Gasteiger charge is -2.09. The van der Waals surface area contributed by atoms with Gasteiger partial charge in [0, 0.05) is 29.5 Å². The zero-order valence-corrected chi connectivity index (χ0v) is 9.89. The van der Waals surface area contributed by atoms with Crippen molar-refractivity contribution in [2.24, 2.45) is 5.73 Å². The molecule has 5 heteroatoms. The van der Waals surface area contributed by atoms with Crippen molar-refractivity contribution < 1.29 is 4.74 Å². The van der Waals surface area contributed by atoms with E-state index >= 15 is 0 Å². The Morgan fingerprint density at radius 3 is 2.71 bits per heavy atom. The number of halogens is 1. The summed E-state index contributed by atoms with van der Waals surface area (Å²) in [6, 6.07) is 7.12. The Labute approximate surface area is 104 Å². The van der Waals surface area contributed by atoms with Gasteiger partial charge in [-0.25, -0.2) is 9.97 Å². The molecule has 2 N–H and O–H groups in total. The summed E-state index contributed by atoms with van der Waals surface area (Å²) < 4.78 is 5.61. The SMILES string of the molecule is NCc1cc(Cl)ccc1OCc1ncccn1. The first kappa shape index (κ1) is 11.8. The summed E-state index contributed by atoms with van der Waals surface area (Å²) >= 11 is 5.88. The maximum Gasteiger partial charge on any atom is 0.166 e. The lowest BCUT2D eigenvalue weighted by Crippen LogP contribution is -2.04. The van der Waals surface area contributed by atoms with Crippen LogP contribution in [0.4, 0.5) is 0 Å². The van der Waals surface area contributed by atoms with Gasteiger partial charge in [0.1, 0.15) is 12.4 Å². The van der Waals surface area contributed by atoms with E-state index in [2.05, 4.69) is 9.97 Å². The van der Waals surface area contributed by atoms with Crippen LogP contribution >= 0.6 is 11.6 Å². The Morgan fingerprint density at radius 1 is 1.24 bits per heavy atom. The second-order valence-corrected chi connectivity index (χ2v) is 3.85. The lowest BCUT2D eigenvalue weighted by molar-refractivity contribution is 0.293. The Hall–Kier alpha value is -1.65. The third-order valence-electron chi connectivity index (χ3n) is 2.22. The number of aromatic nitrogens is 2. The molecule has 0 fully saturated rings. The molecule has 0 aliphatic rings. The summed E-state index contributed by atoms with van der Waals surface area (Å²) in [6.07, 6.45) is 3.36. The lowest BCUT2D eigenvalue weighted by atomic mass is 10.2. The van der Waals surface area contributed by atoms with Crippen LogP contribution in [-0.2, 0) is 13.2 Å². The van der Waals surface area contributed by atoms with Crippen LogP contribution in [0.25, 0.3) is 0 Å². The quantitative estimate of drug-likeness (QED) is 0.902. The number of hydrogen-bond donors (Lipinski definition) is 1. The second kappa shape index (κ2) is 5.61. The van der Waals surface area contributed by atoms with Gasteiger partial charge in [0.25, 0.3) is 0 Å². The van der Waals surface area contributed by atoms with Gasteiger partial charge >= 0.3 is 0 Å². The molecular weight excluding hydrogens is 238 g/mol. The van der Waals surface area contributed by atoms with Gasteiger partial charge in [-0.15, -0.1) is 0 Å². The molecule has 4 nitrogen and oxygen atoms in total. The molecule has 2 aromatic rings. The van der Waals surface area contributed by atoms with E-state index in [0.29, 0.717) is 29.7 Å². The molecule has 0 saturated heterocycles. The second-order valence-electron chi connectivity index (χ2n) is 3.41. The number of ether oxygens (including phenoxy) is 1. The molecule has 0 radical (unpaired) electrons. The first-order valence-corrected chi connectivity index (χ1v) is 5.54. The number of benzene rings is 1. The summed E-state index contributed by atoms with van der Waals surface area (Å²) in [4.78, 5) is 8.15. The highest BCUT2D eigenvalue weighted by Gasteiger charge is 2.04. The fourth-order valence-electron chi connectivity index (χ4n) is 1.40. The minimum atomic E-state index is 0.315. The fourth-order valence-corrected chi connectivity index (χ4v) is 1.59. The highest BCUT2D eigenvalue weighted by Crippen LogP contribution is 2.22. The van der Waals surface area contributed by atoms with Crippen molar-refractivity contribution in [2.45, 2.75) is 13.2 Å². The molecule has 0 spiro atoms. The van der Waals surface area contributed by atoms with Gasteiger partial charge < -0.3 is 10.5 Å². The van der Waals surface area contributed by atoms with Crippen LogP contribution in [0.5, 0.6) is 5.75 Å². The number of hydrogen-bond acceptors (Lipinski definition) is 4. The average molecular weight is 250 g/mol. The molecule has 0 bridgehead atoms. The molecule has 17 heavy (non-hydrogen) atoms. The summed E-state index contributed by atoms with van der Waals surface area (Å²) in [5.74, 6) is 1.34. The molecule has 0 saturated carbocycles. The topological polar surface area (TPSA) is 61.0 Å². The van der Waals surface area contributed by atoms with Crippen LogP contribution in [0, 0.1) is 0 Å². The highest BCUT2D eigenvalue weighted by molar-refractivity contribution is 6.30. The number of rotatable bonds is 4. The van der Waals surface area contributed by atoms with Gasteiger partial charge in [0.05, 0.1) is 0 Å². The van der Waals surface area contributed by atoms with Crippen molar-refractivity contribution >= 4 is 11.6 Å². The first-order chi connectivity index (χ1) is 8.29. The minimum absolute atomic E-state index is 0.315. The third kappa shape index (κ3) is 3.15. The summed E-state index contributed by atoms with van der Waals surface area (Å²) in [6.45, 7) is 0.695. The van der Waals surface area contributed by atoms with E-state index in [1.165, 1.54) is 0 Å². The molecule has 0 atom stereocenters. The van der Waals surface area contributed by atoms with Crippen molar-refractivity contribution in [3.63, 3.8) is 0 Å². The van der Waals surface area contributed by atoms with Gasteiger partial charge in [0.2, 0.25) is 0 Å². The molecule has 2 rings (SSSR count). The van der Waals surface area contributed by atoms with Crippen LogP contribution in [0.3, 0.4) is 0 Å². The van der Waals surface area contributed by atoms with E-state index in [-0.39, 0.29) is 0 Å². The predicted molar refractivity (Wildman–Crippen MR) is 65.7 cm³/mol. The predicted octanol–water partition coefficient (Wildman–Crippen LogP) is 2.17. The Bertz CT molecular complexity index is 490. The fraction of sp³-hybridized carbons (Fsp3) is 0.167. The van der Waals surface area contributed by atoms with E-state index in [4.69, 9.17) is 22.1 Å². The summed E-state index contributed by atoms with van der Waals surface area (Å²) in [7, 11) is 0. The Morgan fingerprint density at radius 2 is 2.00 bits per heavy atom. The molecule has 1 heterocycles. The van der Waals surface area contributed by atoms with Gasteiger partial charge in [-0.1, -0.05) is 11.6 Å². The van der Waals surface area contributed by atoms with E-state index in [1.807, 2.05) is 0 Å². The molecule has 88 valence electrons. The highest BCUT2D eigenvalue weighted by atomic mass is 35.5. The molecule has 0 amide bonds. The molecule has 0 aliphatic carbocycles. The first-order valence-electron chi connectivity index (χ1n) is 5.17. The summed E-state index contributed by atoms with van der Waals surface area (Å²) in [5, 5.41) is 0.647. The minimum Gasteiger partial charge on any atom is -0.485 e. The van der Waals surface area contributed by atoms with Crippen LogP contribution in [0.15, 0.2) is 36.7 Å². The van der Waals surface area contributed by atoms with Gasteiger partial charge in [-0.2, -0.15) is 0 Å². The number of nitrogens with two attached hydrogens (primary N) is 1. The molecule has 1 aromatic heterocycles. The van der Waals surface area contributed by atoms with Crippen molar-refractivity contribution in [2.75, 3.05) is 0 Å². The van der Waals surface area contributed by atoms with Crippen molar-refractivity contribution in [3.05, 3.63) is 53.1 Å². The zero-order chi connectivity index (χ0) is 12.1. The largest absolute Gasteiger partial charge is 0.485 e. The van der Waals surface area contributed by atoms with Gasteiger partial charge in [-0.05, 0) is 24.3 Å². The average Bonchev–Trinajstić information content (AvgIpc) is 2.38. The van der Waals surface area contributed by atoms with Crippen LogP contribution < -0.4 is 10.5 Å². The third-order valence-corrected chi connectivity index (χ3v) is 2.45. The van der Waals surface area contributed by atoms with Gasteiger partial charge in [0.15, 0.2) is 5.82 Å². The van der Waals surface area contributed by atoms with Crippen molar-refractivity contribution in [1.82, 2.24) is 9.97 Å². The van der Waals surface area contributed by atoms with E-state index in [0.717, 1.165) is 5.56 Å². The summed E-state index contributed by atoms with van der Waals surface area (Å²) in [5.41, 5.74) is 6.49. The van der Waals surface area contributed by atoms with Gasteiger partial charge in [-0.3, -0.25) is 0 Å². The molecule has 0 unspecified atom stereocenters. The van der Waals surface area contributed by atoms with E-state index < -0.39 is 0 Å². The van der Waals surface area contributed by atoms with Crippen molar-refractivity contribution in [3.8, 4) is 5.75 Å². The monoisotopic (exact) mass is 249 g/mol. The molecular formula is C12H12ClN3O. The van der Waals surface area contributed by atoms with E-state index in [1.54, 1.807) is 36.7 Å². The van der Waals surface area contributed by atoms with Crippen LogP contribution in [-0.4, -0.2) is 9.97 Å².